The van der Waals surface area contributed by atoms with Gasteiger partial charge < -0.3 is 0 Å². The number of amides is 1. The van der Waals surface area contributed by atoms with E-state index in [0.717, 1.165) is 11.3 Å². The molecule has 0 aliphatic carbocycles. The number of nitrogens with one attached hydrogen (secondary N) is 1. The number of aromatic nitrogens is 1. The molecule has 1 heterocycles. The minimum absolute atomic E-state index is 0.214. The average Bonchev–Trinajstić information content (AvgIpc) is 3.03. The summed E-state index contributed by atoms with van der Waals surface area (Å²) in [6.07, 6.45) is 0. The van der Waals surface area contributed by atoms with Crippen LogP contribution < -0.4 is 5.32 Å². The van der Waals surface area contributed by atoms with Crippen LogP contribution in [0.4, 0.5) is 5.13 Å². The average molecular weight is 357 g/mol. The third-order valence-electron chi connectivity index (χ3n) is 3.68. The van der Waals surface area contributed by atoms with Gasteiger partial charge in [0.15, 0.2) is 5.13 Å². The van der Waals surface area contributed by atoms with Crippen LogP contribution in [0.5, 0.6) is 0 Å². The quantitative estimate of drug-likeness (QED) is 0.638. The van der Waals surface area contributed by atoms with E-state index in [1.165, 1.54) is 16.9 Å². The largest absolute Gasteiger partial charge is 0.298 e. The van der Waals surface area contributed by atoms with Crippen LogP contribution in [0.2, 0.25) is 5.02 Å². The van der Waals surface area contributed by atoms with Gasteiger partial charge in [-0.15, -0.1) is 11.3 Å². The molecule has 3 rings (SSSR count). The first kappa shape index (κ1) is 16.7. The molecule has 0 spiro atoms. The van der Waals surface area contributed by atoms with E-state index in [0.29, 0.717) is 21.6 Å². The Morgan fingerprint density at radius 1 is 1.17 bits per heavy atom. The Hall–Kier alpha value is -2.17. The van der Waals surface area contributed by atoms with Gasteiger partial charge in [0, 0.05) is 21.5 Å². The zero-order valence-corrected chi connectivity index (χ0v) is 15.0. The molecule has 0 fully saturated rings. The van der Waals surface area contributed by atoms with Crippen molar-refractivity contribution in [2.45, 2.75) is 19.8 Å². The number of carbonyl (C=O) groups is 1. The molecule has 2 aromatic carbocycles. The Labute approximate surface area is 150 Å². The molecule has 0 radical (unpaired) electrons. The molecule has 0 saturated heterocycles. The summed E-state index contributed by atoms with van der Waals surface area (Å²) < 4.78 is 0. The highest BCUT2D eigenvalue weighted by molar-refractivity contribution is 7.14. The van der Waals surface area contributed by atoms with E-state index >= 15 is 0 Å². The summed E-state index contributed by atoms with van der Waals surface area (Å²) >= 11 is 7.32. The molecule has 24 heavy (non-hydrogen) atoms. The van der Waals surface area contributed by atoms with Crippen molar-refractivity contribution >= 4 is 34.0 Å². The highest BCUT2D eigenvalue weighted by atomic mass is 35.5. The van der Waals surface area contributed by atoms with Crippen molar-refractivity contribution in [3.63, 3.8) is 0 Å². The summed E-state index contributed by atoms with van der Waals surface area (Å²) in [5, 5.41) is 5.86. The minimum atomic E-state index is -0.214. The molecular weight excluding hydrogens is 340 g/mol. The van der Waals surface area contributed by atoms with Crippen molar-refractivity contribution in [1.29, 1.82) is 0 Å². The molecule has 3 aromatic rings. The lowest BCUT2D eigenvalue weighted by molar-refractivity contribution is 0.102. The number of carbonyl (C=O) groups excluding carboxylic acids is 1. The summed E-state index contributed by atoms with van der Waals surface area (Å²) in [5.74, 6) is 0.288. The first-order valence-electron chi connectivity index (χ1n) is 7.65. The molecule has 1 aromatic heterocycles. The maximum absolute atomic E-state index is 12.2. The third-order valence-corrected chi connectivity index (χ3v) is 4.68. The van der Waals surface area contributed by atoms with Crippen LogP contribution in [0.25, 0.3) is 11.3 Å². The Kier molecular flexibility index (Phi) is 4.97. The van der Waals surface area contributed by atoms with Gasteiger partial charge in [-0.1, -0.05) is 55.8 Å². The number of nitrogens with zero attached hydrogens (tertiary/aromatic N) is 1. The molecule has 3 nitrogen and oxygen atoms in total. The maximum atomic E-state index is 12.2. The van der Waals surface area contributed by atoms with Crippen molar-refractivity contribution in [1.82, 2.24) is 4.98 Å². The lowest BCUT2D eigenvalue weighted by atomic mass is 10.0. The molecule has 0 aliphatic rings. The zero-order chi connectivity index (χ0) is 17.1. The fourth-order valence-electron chi connectivity index (χ4n) is 2.30. The van der Waals surface area contributed by atoms with Crippen LogP contribution in [0.1, 0.15) is 35.7 Å². The van der Waals surface area contributed by atoms with Crippen molar-refractivity contribution in [3.05, 3.63) is 70.1 Å². The number of hydrogen-bond acceptors (Lipinski definition) is 3. The van der Waals surface area contributed by atoms with Crippen molar-refractivity contribution < 1.29 is 4.79 Å². The van der Waals surface area contributed by atoms with Gasteiger partial charge in [0.25, 0.3) is 5.91 Å². The number of hydrogen-bond donors (Lipinski definition) is 1. The lowest BCUT2D eigenvalue weighted by Gasteiger charge is -2.05. The lowest BCUT2D eigenvalue weighted by Crippen LogP contribution is -2.11. The smallest absolute Gasteiger partial charge is 0.257 e. The number of benzene rings is 2. The molecule has 1 amide bonds. The Morgan fingerprint density at radius 2 is 1.92 bits per heavy atom. The highest BCUT2D eigenvalue weighted by Gasteiger charge is 2.10. The number of thiazole rings is 1. The first-order chi connectivity index (χ1) is 11.5. The van der Waals surface area contributed by atoms with E-state index in [9.17, 15) is 4.79 Å². The van der Waals surface area contributed by atoms with Crippen LogP contribution in [-0.4, -0.2) is 10.9 Å². The maximum Gasteiger partial charge on any atom is 0.257 e. The second-order valence-corrected chi connectivity index (χ2v) is 7.07. The van der Waals surface area contributed by atoms with Gasteiger partial charge in [0.1, 0.15) is 0 Å². The van der Waals surface area contributed by atoms with Crippen LogP contribution in [-0.2, 0) is 0 Å². The van der Waals surface area contributed by atoms with E-state index in [-0.39, 0.29) is 5.91 Å². The predicted molar refractivity (Wildman–Crippen MR) is 101 cm³/mol. The van der Waals surface area contributed by atoms with Crippen LogP contribution in [0, 0.1) is 0 Å². The topological polar surface area (TPSA) is 42.0 Å². The monoisotopic (exact) mass is 356 g/mol. The minimum Gasteiger partial charge on any atom is -0.298 e. The van der Waals surface area contributed by atoms with E-state index in [1.54, 1.807) is 24.3 Å². The van der Waals surface area contributed by atoms with Crippen LogP contribution in [0.3, 0.4) is 0 Å². The summed E-state index contributed by atoms with van der Waals surface area (Å²) in [5.41, 5.74) is 3.71. The number of rotatable bonds is 4. The standard InChI is InChI=1S/C19H17ClN2OS/c1-12(2)13-6-8-14(9-7-13)17-11-24-19(21-17)22-18(23)15-4-3-5-16(20)10-15/h3-12H,1-2H3,(H,21,22,23). The van der Waals surface area contributed by atoms with Gasteiger partial charge in [-0.25, -0.2) is 4.98 Å². The first-order valence-corrected chi connectivity index (χ1v) is 8.91. The van der Waals surface area contributed by atoms with Gasteiger partial charge >= 0.3 is 0 Å². The summed E-state index contributed by atoms with van der Waals surface area (Å²) in [6, 6.07) is 15.2. The summed E-state index contributed by atoms with van der Waals surface area (Å²) in [7, 11) is 0. The SMILES string of the molecule is CC(C)c1ccc(-c2csc(NC(=O)c3cccc(Cl)c3)n2)cc1. The Bertz CT molecular complexity index is 856. The number of anilines is 1. The fourth-order valence-corrected chi connectivity index (χ4v) is 3.21. The van der Waals surface area contributed by atoms with Gasteiger partial charge in [-0.05, 0) is 29.7 Å². The van der Waals surface area contributed by atoms with E-state index in [2.05, 4.69) is 48.4 Å². The molecule has 0 bridgehead atoms. The molecule has 0 unspecified atom stereocenters. The third kappa shape index (κ3) is 3.83. The van der Waals surface area contributed by atoms with E-state index < -0.39 is 0 Å². The predicted octanol–water partition coefficient (Wildman–Crippen LogP) is 5.84. The number of halogens is 1. The van der Waals surface area contributed by atoms with Gasteiger partial charge in [-0.3, -0.25) is 10.1 Å². The highest BCUT2D eigenvalue weighted by Crippen LogP contribution is 2.27. The molecular formula is C19H17ClN2OS. The van der Waals surface area contributed by atoms with Crippen LogP contribution in [0.15, 0.2) is 53.9 Å². The summed E-state index contributed by atoms with van der Waals surface area (Å²) in [6.45, 7) is 4.34. The normalized spacial score (nSPS) is 10.8. The van der Waals surface area contributed by atoms with E-state index in [1.807, 2.05) is 5.38 Å². The molecule has 0 saturated carbocycles. The molecule has 1 N–H and O–H groups in total. The Balaban J connectivity index is 1.74. The zero-order valence-electron chi connectivity index (χ0n) is 13.4. The summed E-state index contributed by atoms with van der Waals surface area (Å²) in [4.78, 5) is 16.7. The second-order valence-electron chi connectivity index (χ2n) is 5.78. The van der Waals surface area contributed by atoms with Crippen molar-refractivity contribution in [3.8, 4) is 11.3 Å². The Morgan fingerprint density at radius 3 is 2.58 bits per heavy atom. The molecule has 0 atom stereocenters. The van der Waals surface area contributed by atoms with Crippen molar-refractivity contribution in [2.24, 2.45) is 0 Å². The fraction of sp³-hybridized carbons (Fsp3) is 0.158. The van der Waals surface area contributed by atoms with Gasteiger partial charge in [-0.2, -0.15) is 0 Å². The molecule has 0 aliphatic heterocycles. The van der Waals surface area contributed by atoms with E-state index in [4.69, 9.17) is 11.6 Å². The van der Waals surface area contributed by atoms with Gasteiger partial charge in [0.2, 0.25) is 0 Å². The van der Waals surface area contributed by atoms with Crippen LogP contribution >= 0.6 is 22.9 Å². The van der Waals surface area contributed by atoms with Gasteiger partial charge in [0.05, 0.1) is 5.69 Å². The molecule has 5 heteroatoms. The molecule has 122 valence electrons. The van der Waals surface area contributed by atoms with Crippen molar-refractivity contribution in [2.75, 3.05) is 5.32 Å². The second kappa shape index (κ2) is 7.16.